The molecule has 3 heteroatoms. The minimum Gasteiger partial charge on any atom is -0.497 e. The Balaban J connectivity index is 1.94. The maximum Gasteiger partial charge on any atom is 0.142 e. The zero-order valence-corrected chi connectivity index (χ0v) is 10.8. The van der Waals surface area contributed by atoms with Crippen molar-refractivity contribution in [3.05, 3.63) is 58.6 Å². The van der Waals surface area contributed by atoms with Crippen molar-refractivity contribution >= 4 is 11.6 Å². The summed E-state index contributed by atoms with van der Waals surface area (Å²) in [5.41, 5.74) is 2.27. The second kappa shape index (κ2) is 4.54. The molecule has 1 aliphatic rings. The molecule has 2 aromatic rings. The highest BCUT2D eigenvalue weighted by atomic mass is 35.5. The lowest BCUT2D eigenvalue weighted by Gasteiger charge is -2.11. The minimum atomic E-state index is 0.0470. The number of fused-ring (bicyclic) bond motifs is 1. The van der Waals surface area contributed by atoms with Gasteiger partial charge in [-0.05, 0) is 11.6 Å². The van der Waals surface area contributed by atoms with Crippen LogP contribution in [0.3, 0.4) is 0 Å². The van der Waals surface area contributed by atoms with E-state index in [1.807, 2.05) is 24.3 Å². The van der Waals surface area contributed by atoms with E-state index in [4.69, 9.17) is 21.1 Å². The van der Waals surface area contributed by atoms with Gasteiger partial charge < -0.3 is 9.47 Å². The molecule has 0 spiro atoms. The summed E-state index contributed by atoms with van der Waals surface area (Å²) in [5, 5.41) is 0.614. The first-order chi connectivity index (χ1) is 8.78. The molecule has 0 saturated heterocycles. The Morgan fingerprint density at radius 3 is 2.72 bits per heavy atom. The Morgan fingerprint density at radius 2 is 2.00 bits per heavy atom. The van der Waals surface area contributed by atoms with Crippen LogP contribution < -0.4 is 9.47 Å². The predicted octanol–water partition coefficient (Wildman–Crippen LogP) is 4.02. The van der Waals surface area contributed by atoms with Crippen molar-refractivity contribution in [2.75, 3.05) is 7.11 Å². The van der Waals surface area contributed by atoms with Gasteiger partial charge in [0.15, 0.2) is 0 Å². The van der Waals surface area contributed by atoms with Gasteiger partial charge in [-0.25, -0.2) is 0 Å². The summed E-state index contributed by atoms with van der Waals surface area (Å²) in [4.78, 5) is 0. The van der Waals surface area contributed by atoms with Gasteiger partial charge in [0.05, 0.1) is 12.1 Å². The topological polar surface area (TPSA) is 18.5 Å². The molecular formula is C15H13ClO2. The first-order valence-electron chi connectivity index (χ1n) is 5.86. The van der Waals surface area contributed by atoms with Gasteiger partial charge in [0.1, 0.15) is 17.6 Å². The molecule has 2 aromatic carbocycles. The van der Waals surface area contributed by atoms with Crippen LogP contribution in [0.1, 0.15) is 17.2 Å². The predicted molar refractivity (Wildman–Crippen MR) is 71.5 cm³/mol. The Bertz CT molecular complexity index is 566. The van der Waals surface area contributed by atoms with Crippen LogP contribution in [0.2, 0.25) is 5.02 Å². The van der Waals surface area contributed by atoms with Crippen molar-refractivity contribution in [2.45, 2.75) is 12.5 Å². The normalized spacial score (nSPS) is 17.1. The van der Waals surface area contributed by atoms with Crippen LogP contribution >= 0.6 is 11.6 Å². The molecule has 92 valence electrons. The standard InChI is InChI=1S/C15H13ClO2/c1-17-12-7-11-8-14(10-5-3-2-4-6-10)18-15(11)13(16)9-12/h2-7,9,14H,8H2,1H3. The van der Waals surface area contributed by atoms with Crippen molar-refractivity contribution in [3.63, 3.8) is 0 Å². The van der Waals surface area contributed by atoms with E-state index < -0.39 is 0 Å². The van der Waals surface area contributed by atoms with Gasteiger partial charge in [-0.3, -0.25) is 0 Å². The lowest BCUT2D eigenvalue weighted by atomic mass is 10.0. The van der Waals surface area contributed by atoms with Crippen LogP contribution in [-0.4, -0.2) is 7.11 Å². The minimum absolute atomic E-state index is 0.0470. The summed E-state index contributed by atoms with van der Waals surface area (Å²) in [6.45, 7) is 0. The summed E-state index contributed by atoms with van der Waals surface area (Å²) in [7, 11) is 1.64. The average Bonchev–Trinajstić information content (AvgIpc) is 2.84. The monoisotopic (exact) mass is 260 g/mol. The number of rotatable bonds is 2. The maximum atomic E-state index is 6.20. The first-order valence-corrected chi connectivity index (χ1v) is 6.24. The second-order valence-corrected chi connectivity index (χ2v) is 4.73. The van der Waals surface area contributed by atoms with Gasteiger partial charge in [-0.1, -0.05) is 41.9 Å². The van der Waals surface area contributed by atoms with E-state index in [2.05, 4.69) is 12.1 Å². The number of halogens is 1. The van der Waals surface area contributed by atoms with E-state index in [1.165, 1.54) is 5.56 Å². The fraction of sp³-hybridized carbons (Fsp3) is 0.200. The zero-order chi connectivity index (χ0) is 12.5. The fourth-order valence-electron chi connectivity index (χ4n) is 2.26. The molecule has 0 amide bonds. The van der Waals surface area contributed by atoms with Crippen molar-refractivity contribution in [1.82, 2.24) is 0 Å². The van der Waals surface area contributed by atoms with E-state index in [9.17, 15) is 0 Å². The van der Waals surface area contributed by atoms with Crippen LogP contribution in [0.15, 0.2) is 42.5 Å². The zero-order valence-electron chi connectivity index (χ0n) is 10.0. The average molecular weight is 261 g/mol. The molecule has 0 saturated carbocycles. The number of hydrogen-bond donors (Lipinski definition) is 0. The van der Waals surface area contributed by atoms with Gasteiger partial charge in [0.2, 0.25) is 0 Å². The number of hydrogen-bond acceptors (Lipinski definition) is 2. The number of benzene rings is 2. The van der Waals surface area contributed by atoms with Gasteiger partial charge in [-0.2, -0.15) is 0 Å². The van der Waals surface area contributed by atoms with E-state index in [-0.39, 0.29) is 6.10 Å². The van der Waals surface area contributed by atoms with Crippen LogP contribution in [0.25, 0.3) is 0 Å². The molecule has 1 unspecified atom stereocenters. The Labute approximate surface area is 111 Å². The highest BCUT2D eigenvalue weighted by Gasteiger charge is 2.27. The number of methoxy groups -OCH3 is 1. The SMILES string of the molecule is COc1cc(Cl)c2c(c1)CC(c1ccccc1)O2. The van der Waals surface area contributed by atoms with Crippen LogP contribution in [0.4, 0.5) is 0 Å². The maximum absolute atomic E-state index is 6.20. The first kappa shape index (κ1) is 11.4. The van der Waals surface area contributed by atoms with Crippen LogP contribution in [-0.2, 0) is 6.42 Å². The van der Waals surface area contributed by atoms with E-state index in [0.29, 0.717) is 5.02 Å². The summed E-state index contributed by atoms with van der Waals surface area (Å²) in [6, 6.07) is 14.0. The summed E-state index contributed by atoms with van der Waals surface area (Å²) in [6.07, 6.45) is 0.877. The fourth-order valence-corrected chi connectivity index (χ4v) is 2.53. The third-order valence-corrected chi connectivity index (χ3v) is 3.45. The summed E-state index contributed by atoms with van der Waals surface area (Å²) < 4.78 is 11.2. The summed E-state index contributed by atoms with van der Waals surface area (Å²) in [5.74, 6) is 1.56. The van der Waals surface area contributed by atoms with Crippen molar-refractivity contribution in [3.8, 4) is 11.5 Å². The second-order valence-electron chi connectivity index (χ2n) is 4.32. The van der Waals surface area contributed by atoms with E-state index in [1.54, 1.807) is 13.2 Å². The summed E-state index contributed by atoms with van der Waals surface area (Å²) >= 11 is 6.20. The number of ether oxygens (including phenoxy) is 2. The van der Waals surface area contributed by atoms with Crippen LogP contribution in [0, 0.1) is 0 Å². The lowest BCUT2D eigenvalue weighted by Crippen LogP contribution is -2.02. The highest BCUT2D eigenvalue weighted by molar-refractivity contribution is 6.32. The van der Waals surface area contributed by atoms with Gasteiger partial charge in [0.25, 0.3) is 0 Å². The smallest absolute Gasteiger partial charge is 0.142 e. The van der Waals surface area contributed by atoms with Crippen molar-refractivity contribution < 1.29 is 9.47 Å². The Hall–Kier alpha value is -1.67. The molecule has 2 nitrogen and oxygen atoms in total. The molecule has 18 heavy (non-hydrogen) atoms. The van der Waals surface area contributed by atoms with Crippen LogP contribution in [0.5, 0.6) is 11.5 Å². The van der Waals surface area contributed by atoms with Gasteiger partial charge in [-0.15, -0.1) is 0 Å². The highest BCUT2D eigenvalue weighted by Crippen LogP contribution is 2.43. The van der Waals surface area contributed by atoms with E-state index in [0.717, 1.165) is 23.5 Å². The molecule has 1 atom stereocenters. The molecule has 0 N–H and O–H groups in total. The quantitative estimate of drug-likeness (QED) is 0.812. The molecular weight excluding hydrogens is 248 g/mol. The van der Waals surface area contributed by atoms with Crippen molar-refractivity contribution in [1.29, 1.82) is 0 Å². The molecule has 0 aliphatic carbocycles. The van der Waals surface area contributed by atoms with Gasteiger partial charge >= 0.3 is 0 Å². The van der Waals surface area contributed by atoms with Crippen molar-refractivity contribution in [2.24, 2.45) is 0 Å². The largest absolute Gasteiger partial charge is 0.497 e. The third-order valence-electron chi connectivity index (χ3n) is 3.17. The lowest BCUT2D eigenvalue weighted by molar-refractivity contribution is 0.239. The van der Waals surface area contributed by atoms with Gasteiger partial charge in [0, 0.05) is 18.1 Å². The third kappa shape index (κ3) is 1.93. The molecule has 0 fully saturated rings. The molecule has 1 heterocycles. The molecule has 1 aliphatic heterocycles. The molecule has 0 radical (unpaired) electrons. The van der Waals surface area contributed by atoms with E-state index >= 15 is 0 Å². The molecule has 0 bridgehead atoms. The molecule has 3 rings (SSSR count). The molecule has 0 aromatic heterocycles. The Morgan fingerprint density at radius 1 is 1.22 bits per heavy atom. The Kier molecular flexibility index (Phi) is 2.88.